The first kappa shape index (κ1) is 9.48. The third-order valence-electron chi connectivity index (χ3n) is 1.96. The molecule has 0 saturated carbocycles. The van der Waals surface area contributed by atoms with Gasteiger partial charge in [-0.2, -0.15) is 0 Å². The smallest absolute Gasteiger partial charge is 0.328 e. The van der Waals surface area contributed by atoms with Crippen molar-refractivity contribution in [1.82, 2.24) is 5.32 Å². The quantitative estimate of drug-likeness (QED) is 0.632. The zero-order valence-electron chi connectivity index (χ0n) is 7.46. The van der Waals surface area contributed by atoms with E-state index in [1.807, 2.05) is 13.8 Å². The first-order chi connectivity index (χ1) is 5.57. The standard InChI is InChI=1S/C8H15NO3/c1-6(2)3-9-8(7(10)11)4-12-5-8/h6,9H,3-5H2,1-2H3,(H,10,11). The Labute approximate surface area is 71.9 Å². The Hall–Kier alpha value is -0.610. The van der Waals surface area contributed by atoms with Crippen molar-refractivity contribution in [2.75, 3.05) is 19.8 Å². The summed E-state index contributed by atoms with van der Waals surface area (Å²) in [7, 11) is 0. The minimum absolute atomic E-state index is 0.287. The van der Waals surface area contributed by atoms with Gasteiger partial charge in [0.15, 0.2) is 5.54 Å². The van der Waals surface area contributed by atoms with Crippen LogP contribution in [0.15, 0.2) is 0 Å². The molecule has 70 valence electrons. The van der Waals surface area contributed by atoms with Gasteiger partial charge in [-0.3, -0.25) is 10.1 Å². The minimum atomic E-state index is -0.811. The molecule has 0 aromatic carbocycles. The maximum Gasteiger partial charge on any atom is 0.328 e. The fourth-order valence-electron chi connectivity index (χ4n) is 1.01. The van der Waals surface area contributed by atoms with Crippen molar-refractivity contribution >= 4 is 5.97 Å². The second-order valence-corrected chi connectivity index (χ2v) is 3.65. The molecule has 1 aliphatic heterocycles. The lowest BCUT2D eigenvalue weighted by Gasteiger charge is -2.38. The highest BCUT2D eigenvalue weighted by molar-refractivity contribution is 5.80. The number of rotatable bonds is 4. The Morgan fingerprint density at radius 3 is 2.50 bits per heavy atom. The molecule has 4 heteroatoms. The second-order valence-electron chi connectivity index (χ2n) is 3.65. The lowest BCUT2D eigenvalue weighted by atomic mass is 9.97. The molecule has 0 radical (unpaired) electrons. The number of hydrogen-bond donors (Lipinski definition) is 2. The maximum atomic E-state index is 10.8. The van der Waals surface area contributed by atoms with E-state index in [1.165, 1.54) is 0 Å². The van der Waals surface area contributed by atoms with Crippen molar-refractivity contribution in [2.24, 2.45) is 5.92 Å². The molecule has 0 amide bonds. The van der Waals surface area contributed by atoms with Crippen LogP contribution in [-0.4, -0.2) is 36.4 Å². The molecule has 0 aromatic rings. The van der Waals surface area contributed by atoms with Gasteiger partial charge in [-0.25, -0.2) is 0 Å². The molecular weight excluding hydrogens is 158 g/mol. The lowest BCUT2D eigenvalue weighted by Crippen LogP contribution is -2.66. The Morgan fingerprint density at radius 1 is 1.67 bits per heavy atom. The van der Waals surface area contributed by atoms with Crippen LogP contribution in [0.1, 0.15) is 13.8 Å². The van der Waals surface area contributed by atoms with Crippen molar-refractivity contribution in [2.45, 2.75) is 19.4 Å². The van der Waals surface area contributed by atoms with Crippen LogP contribution in [0, 0.1) is 5.92 Å². The first-order valence-electron chi connectivity index (χ1n) is 4.13. The molecule has 0 atom stereocenters. The maximum absolute atomic E-state index is 10.8. The summed E-state index contributed by atoms with van der Waals surface area (Å²) in [6.45, 7) is 5.38. The zero-order chi connectivity index (χ0) is 9.19. The van der Waals surface area contributed by atoms with E-state index in [1.54, 1.807) is 0 Å². The summed E-state index contributed by atoms with van der Waals surface area (Å²) in [5.41, 5.74) is -0.801. The van der Waals surface area contributed by atoms with E-state index < -0.39 is 11.5 Å². The van der Waals surface area contributed by atoms with Gasteiger partial charge in [0.2, 0.25) is 0 Å². The van der Waals surface area contributed by atoms with Gasteiger partial charge in [-0.15, -0.1) is 0 Å². The summed E-state index contributed by atoms with van der Waals surface area (Å²) >= 11 is 0. The van der Waals surface area contributed by atoms with Gasteiger partial charge < -0.3 is 9.84 Å². The zero-order valence-corrected chi connectivity index (χ0v) is 7.46. The van der Waals surface area contributed by atoms with Crippen LogP contribution in [0.2, 0.25) is 0 Å². The van der Waals surface area contributed by atoms with Crippen LogP contribution in [0.25, 0.3) is 0 Å². The number of carbonyl (C=O) groups is 1. The van der Waals surface area contributed by atoms with Crippen molar-refractivity contribution in [3.63, 3.8) is 0 Å². The molecule has 1 fully saturated rings. The molecule has 2 N–H and O–H groups in total. The highest BCUT2D eigenvalue weighted by Crippen LogP contribution is 2.17. The molecule has 1 aliphatic rings. The first-order valence-corrected chi connectivity index (χ1v) is 4.13. The lowest BCUT2D eigenvalue weighted by molar-refractivity contribution is -0.166. The summed E-state index contributed by atoms with van der Waals surface area (Å²) in [4.78, 5) is 10.8. The van der Waals surface area contributed by atoms with Crippen LogP contribution in [0.5, 0.6) is 0 Å². The second kappa shape index (κ2) is 3.41. The molecule has 1 heterocycles. The molecule has 1 rings (SSSR count). The summed E-state index contributed by atoms with van der Waals surface area (Å²) in [5.74, 6) is -0.351. The SMILES string of the molecule is CC(C)CNC1(C(=O)O)COC1. The molecule has 0 spiro atoms. The number of aliphatic carboxylic acids is 1. The van der Waals surface area contributed by atoms with Gasteiger partial charge in [-0.05, 0) is 12.5 Å². The van der Waals surface area contributed by atoms with Crippen molar-refractivity contribution in [3.05, 3.63) is 0 Å². The normalized spacial score (nSPS) is 20.6. The van der Waals surface area contributed by atoms with Crippen molar-refractivity contribution < 1.29 is 14.6 Å². The Kier molecular flexibility index (Phi) is 2.69. The fraction of sp³-hybridized carbons (Fsp3) is 0.875. The fourth-order valence-corrected chi connectivity index (χ4v) is 1.01. The van der Waals surface area contributed by atoms with Gasteiger partial charge >= 0.3 is 5.97 Å². The third-order valence-corrected chi connectivity index (χ3v) is 1.96. The van der Waals surface area contributed by atoms with Crippen molar-refractivity contribution in [1.29, 1.82) is 0 Å². The highest BCUT2D eigenvalue weighted by atomic mass is 16.5. The summed E-state index contributed by atoms with van der Waals surface area (Å²) < 4.78 is 4.89. The number of ether oxygens (including phenoxy) is 1. The molecular formula is C8H15NO3. The number of hydrogen-bond acceptors (Lipinski definition) is 3. The summed E-state index contributed by atoms with van der Waals surface area (Å²) in [6, 6.07) is 0. The molecule has 0 aliphatic carbocycles. The number of carboxylic acid groups (broad SMARTS) is 1. The Bertz CT molecular complexity index is 175. The van der Waals surface area contributed by atoms with Gasteiger partial charge in [0.1, 0.15) is 0 Å². The average molecular weight is 173 g/mol. The number of nitrogens with one attached hydrogen (secondary N) is 1. The molecule has 0 aromatic heterocycles. The topological polar surface area (TPSA) is 58.6 Å². The van der Waals surface area contributed by atoms with Gasteiger partial charge in [-0.1, -0.05) is 13.8 Å². The van der Waals surface area contributed by atoms with E-state index in [2.05, 4.69) is 5.32 Å². The Balaban J connectivity index is 2.40. The highest BCUT2D eigenvalue weighted by Gasteiger charge is 2.45. The monoisotopic (exact) mass is 173 g/mol. The average Bonchev–Trinajstić information content (AvgIpc) is 1.83. The predicted molar refractivity (Wildman–Crippen MR) is 44.0 cm³/mol. The molecule has 0 unspecified atom stereocenters. The van der Waals surface area contributed by atoms with Gasteiger partial charge in [0.05, 0.1) is 13.2 Å². The summed E-state index contributed by atoms with van der Waals surface area (Å²) in [6.07, 6.45) is 0. The van der Waals surface area contributed by atoms with Crippen molar-refractivity contribution in [3.8, 4) is 0 Å². The Morgan fingerprint density at radius 2 is 2.25 bits per heavy atom. The predicted octanol–water partition coefficient (Wildman–Crippen LogP) is 0.0856. The van der Waals surface area contributed by atoms with Crippen LogP contribution < -0.4 is 5.32 Å². The van der Waals surface area contributed by atoms with Crippen LogP contribution in [-0.2, 0) is 9.53 Å². The van der Waals surface area contributed by atoms with Crippen LogP contribution in [0.3, 0.4) is 0 Å². The van der Waals surface area contributed by atoms with E-state index in [-0.39, 0.29) is 13.2 Å². The summed E-state index contributed by atoms with van der Waals surface area (Å²) in [5, 5.41) is 11.9. The van der Waals surface area contributed by atoms with Crippen LogP contribution >= 0.6 is 0 Å². The minimum Gasteiger partial charge on any atom is -0.480 e. The van der Waals surface area contributed by atoms with E-state index in [0.29, 0.717) is 5.92 Å². The van der Waals surface area contributed by atoms with E-state index in [0.717, 1.165) is 6.54 Å². The molecule has 0 bridgehead atoms. The van der Waals surface area contributed by atoms with E-state index in [9.17, 15) is 4.79 Å². The molecule has 12 heavy (non-hydrogen) atoms. The van der Waals surface area contributed by atoms with Gasteiger partial charge in [0, 0.05) is 0 Å². The molecule has 4 nitrogen and oxygen atoms in total. The van der Waals surface area contributed by atoms with Crippen LogP contribution in [0.4, 0.5) is 0 Å². The van der Waals surface area contributed by atoms with E-state index >= 15 is 0 Å². The number of carboxylic acids is 1. The largest absolute Gasteiger partial charge is 0.480 e. The molecule has 1 saturated heterocycles. The van der Waals surface area contributed by atoms with E-state index in [4.69, 9.17) is 9.84 Å². The van der Waals surface area contributed by atoms with Gasteiger partial charge in [0.25, 0.3) is 0 Å². The third kappa shape index (κ3) is 1.76.